The van der Waals surface area contributed by atoms with Gasteiger partial charge in [-0.15, -0.1) is 12.4 Å². The zero-order valence-electron chi connectivity index (χ0n) is 13.2. The number of hydrogen-bond acceptors (Lipinski definition) is 3. The molecule has 0 radical (unpaired) electrons. The van der Waals surface area contributed by atoms with Crippen molar-refractivity contribution in [3.8, 4) is 0 Å². The zero-order valence-corrected chi connectivity index (χ0v) is 14.8. The Kier molecular flexibility index (Phi) is 6.42. The lowest BCUT2D eigenvalue weighted by atomic mass is 9.94. The third kappa shape index (κ3) is 4.24. The summed E-state index contributed by atoms with van der Waals surface area (Å²) in [7, 11) is -3.57. The molecule has 0 unspecified atom stereocenters. The van der Waals surface area contributed by atoms with Crippen LogP contribution in [-0.4, -0.2) is 49.8 Å². The number of nitrogens with zero attached hydrogens (tertiary/aromatic N) is 2. The molecule has 0 bridgehead atoms. The molecule has 1 heterocycles. The van der Waals surface area contributed by atoms with Crippen LogP contribution in [0.3, 0.4) is 0 Å². The lowest BCUT2D eigenvalue weighted by Crippen LogP contribution is -2.52. The summed E-state index contributed by atoms with van der Waals surface area (Å²) in [6.07, 6.45) is 6.36. The normalized spacial score (nSPS) is 21.8. The molecule has 0 aromatic heterocycles. The maximum atomic E-state index is 13.3. The number of hydrogen-bond donors (Lipinski definition) is 0. The second kappa shape index (κ2) is 7.92. The minimum Gasteiger partial charge on any atom is -0.298 e. The fraction of sp³-hybridized carbons (Fsp3) is 0.625. The first-order valence-electron chi connectivity index (χ1n) is 8.07. The zero-order chi connectivity index (χ0) is 15.6. The Morgan fingerprint density at radius 1 is 1.00 bits per heavy atom. The van der Waals surface area contributed by atoms with Gasteiger partial charge in [-0.2, -0.15) is 4.31 Å². The number of piperazine rings is 1. The monoisotopic (exact) mass is 362 g/mol. The van der Waals surface area contributed by atoms with Gasteiger partial charge in [0, 0.05) is 32.2 Å². The highest BCUT2D eigenvalue weighted by molar-refractivity contribution is 7.89. The van der Waals surface area contributed by atoms with Crippen molar-refractivity contribution < 1.29 is 12.8 Å². The van der Waals surface area contributed by atoms with Crippen LogP contribution < -0.4 is 0 Å². The third-order valence-corrected chi connectivity index (χ3v) is 6.69. The molecule has 1 saturated carbocycles. The molecule has 1 aromatic carbocycles. The van der Waals surface area contributed by atoms with Crippen LogP contribution in [0.15, 0.2) is 29.2 Å². The molecular weight excluding hydrogens is 339 g/mol. The Labute approximate surface area is 144 Å². The highest BCUT2D eigenvalue weighted by atomic mass is 35.5. The molecule has 2 aliphatic rings. The van der Waals surface area contributed by atoms with Gasteiger partial charge in [-0.3, -0.25) is 4.90 Å². The van der Waals surface area contributed by atoms with Gasteiger partial charge >= 0.3 is 0 Å². The standard InChI is InChI=1S/C16H23FN2O2S.ClH/c17-14-5-4-8-16(13-14)22(20,21)19-11-9-18(10-12-19)15-6-2-1-3-7-15;/h4-5,8,13,15H,1-3,6-7,9-12H2;1H. The Morgan fingerprint density at radius 2 is 1.65 bits per heavy atom. The maximum absolute atomic E-state index is 13.3. The summed E-state index contributed by atoms with van der Waals surface area (Å²) in [6.45, 7) is 2.54. The van der Waals surface area contributed by atoms with Crippen molar-refractivity contribution in [2.45, 2.75) is 43.0 Å². The second-order valence-corrected chi connectivity index (χ2v) is 8.13. The van der Waals surface area contributed by atoms with Crippen LogP contribution >= 0.6 is 12.4 Å². The quantitative estimate of drug-likeness (QED) is 0.830. The summed E-state index contributed by atoms with van der Waals surface area (Å²) in [5.74, 6) is -0.512. The van der Waals surface area contributed by atoms with Crippen LogP contribution in [0.5, 0.6) is 0 Å². The first kappa shape index (κ1) is 18.6. The highest BCUT2D eigenvalue weighted by Gasteiger charge is 2.31. The predicted molar refractivity (Wildman–Crippen MR) is 90.9 cm³/mol. The minimum absolute atomic E-state index is 0. The van der Waals surface area contributed by atoms with Crippen LogP contribution in [-0.2, 0) is 10.0 Å². The topological polar surface area (TPSA) is 40.6 Å². The maximum Gasteiger partial charge on any atom is 0.243 e. The summed E-state index contributed by atoms with van der Waals surface area (Å²) in [4.78, 5) is 2.48. The summed E-state index contributed by atoms with van der Waals surface area (Å²) >= 11 is 0. The number of benzene rings is 1. The van der Waals surface area contributed by atoms with E-state index in [2.05, 4.69) is 4.90 Å². The summed E-state index contributed by atoms with van der Waals surface area (Å²) in [6, 6.07) is 5.89. The SMILES string of the molecule is Cl.O=S(=O)(c1cccc(F)c1)N1CCN(C2CCCCC2)CC1. The Morgan fingerprint density at radius 3 is 2.26 bits per heavy atom. The van der Waals surface area contributed by atoms with Crippen LogP contribution in [0.4, 0.5) is 4.39 Å². The summed E-state index contributed by atoms with van der Waals surface area (Å²) < 4.78 is 39.9. The van der Waals surface area contributed by atoms with E-state index in [1.165, 1.54) is 54.6 Å². The number of sulfonamides is 1. The molecule has 1 saturated heterocycles. The van der Waals surface area contributed by atoms with Gasteiger partial charge in [-0.25, -0.2) is 12.8 Å². The van der Waals surface area contributed by atoms with Crippen LogP contribution in [0.2, 0.25) is 0 Å². The van der Waals surface area contributed by atoms with Gasteiger partial charge in [-0.05, 0) is 31.0 Å². The molecule has 0 atom stereocenters. The molecule has 0 amide bonds. The Hall–Kier alpha value is -0.690. The van der Waals surface area contributed by atoms with E-state index >= 15 is 0 Å². The van der Waals surface area contributed by atoms with Crippen molar-refractivity contribution in [3.05, 3.63) is 30.1 Å². The van der Waals surface area contributed by atoms with E-state index in [-0.39, 0.29) is 17.3 Å². The molecule has 7 heteroatoms. The molecule has 3 rings (SSSR count). The number of halogens is 2. The van der Waals surface area contributed by atoms with Crippen molar-refractivity contribution in [2.24, 2.45) is 0 Å². The molecule has 23 heavy (non-hydrogen) atoms. The van der Waals surface area contributed by atoms with Gasteiger partial charge in [0.1, 0.15) is 5.82 Å². The van der Waals surface area contributed by atoms with E-state index < -0.39 is 15.8 Å². The second-order valence-electron chi connectivity index (χ2n) is 6.19. The molecular formula is C16H24ClFN2O2S. The fourth-order valence-electron chi connectivity index (χ4n) is 3.53. The first-order chi connectivity index (χ1) is 10.6. The van der Waals surface area contributed by atoms with E-state index in [4.69, 9.17) is 0 Å². The van der Waals surface area contributed by atoms with Crippen molar-refractivity contribution in [1.82, 2.24) is 9.21 Å². The van der Waals surface area contributed by atoms with Crippen LogP contribution in [0, 0.1) is 5.82 Å². The van der Waals surface area contributed by atoms with Crippen molar-refractivity contribution in [1.29, 1.82) is 0 Å². The number of rotatable bonds is 3. The largest absolute Gasteiger partial charge is 0.298 e. The summed E-state index contributed by atoms with van der Waals surface area (Å²) in [5, 5.41) is 0. The predicted octanol–water partition coefficient (Wildman–Crippen LogP) is 2.89. The average Bonchev–Trinajstić information content (AvgIpc) is 2.56. The lowest BCUT2D eigenvalue weighted by molar-refractivity contribution is 0.111. The molecule has 0 spiro atoms. The van der Waals surface area contributed by atoms with Crippen molar-refractivity contribution >= 4 is 22.4 Å². The first-order valence-corrected chi connectivity index (χ1v) is 9.51. The molecule has 130 valence electrons. The molecule has 4 nitrogen and oxygen atoms in total. The molecule has 0 N–H and O–H groups in total. The average molecular weight is 363 g/mol. The van der Waals surface area contributed by atoms with Crippen molar-refractivity contribution in [3.63, 3.8) is 0 Å². The van der Waals surface area contributed by atoms with Crippen LogP contribution in [0.25, 0.3) is 0 Å². The van der Waals surface area contributed by atoms with E-state index in [1.54, 1.807) is 0 Å². The van der Waals surface area contributed by atoms with E-state index in [1.807, 2.05) is 0 Å². The Balaban J connectivity index is 0.00000192. The van der Waals surface area contributed by atoms with Gasteiger partial charge in [0.25, 0.3) is 0 Å². The van der Waals surface area contributed by atoms with E-state index in [0.717, 1.165) is 19.2 Å². The molecule has 2 fully saturated rings. The smallest absolute Gasteiger partial charge is 0.243 e. The van der Waals surface area contributed by atoms with Gasteiger partial charge in [-0.1, -0.05) is 25.3 Å². The van der Waals surface area contributed by atoms with E-state index in [0.29, 0.717) is 19.1 Å². The summed E-state index contributed by atoms with van der Waals surface area (Å²) in [5.41, 5.74) is 0. The molecule has 1 aliphatic heterocycles. The van der Waals surface area contributed by atoms with E-state index in [9.17, 15) is 12.8 Å². The van der Waals surface area contributed by atoms with Gasteiger partial charge in [0.05, 0.1) is 4.90 Å². The van der Waals surface area contributed by atoms with Crippen LogP contribution in [0.1, 0.15) is 32.1 Å². The van der Waals surface area contributed by atoms with Crippen molar-refractivity contribution in [2.75, 3.05) is 26.2 Å². The van der Waals surface area contributed by atoms with Gasteiger partial charge < -0.3 is 0 Å². The van der Waals surface area contributed by atoms with Gasteiger partial charge in [0.2, 0.25) is 10.0 Å². The lowest BCUT2D eigenvalue weighted by Gasteiger charge is -2.40. The highest BCUT2D eigenvalue weighted by Crippen LogP contribution is 2.25. The Bertz CT molecular complexity index is 612. The molecule has 1 aromatic rings. The third-order valence-electron chi connectivity index (χ3n) is 4.80. The fourth-order valence-corrected chi connectivity index (χ4v) is 4.99. The molecule has 1 aliphatic carbocycles. The minimum atomic E-state index is -3.57. The van der Waals surface area contributed by atoms with Gasteiger partial charge in [0.15, 0.2) is 0 Å².